The maximum atomic E-state index is 12.6. The molecule has 0 spiro atoms. The summed E-state index contributed by atoms with van der Waals surface area (Å²) in [6.07, 6.45) is 6.70. The van der Waals surface area contributed by atoms with E-state index in [2.05, 4.69) is 30.6 Å². The lowest BCUT2D eigenvalue weighted by molar-refractivity contribution is 0.0953. The lowest BCUT2D eigenvalue weighted by Crippen LogP contribution is -2.19. The van der Waals surface area contributed by atoms with E-state index in [-0.39, 0.29) is 23.8 Å². The van der Waals surface area contributed by atoms with Crippen LogP contribution >= 0.6 is 0 Å². The van der Waals surface area contributed by atoms with E-state index < -0.39 is 0 Å². The van der Waals surface area contributed by atoms with Gasteiger partial charge in [-0.3, -0.25) is 29.2 Å². The molecule has 9 nitrogen and oxygen atoms in total. The van der Waals surface area contributed by atoms with Crippen molar-refractivity contribution in [3.63, 3.8) is 0 Å². The lowest BCUT2D eigenvalue weighted by Gasteiger charge is -2.05. The Kier molecular flexibility index (Phi) is 4.78. The molecule has 0 radical (unpaired) electrons. The maximum Gasteiger partial charge on any atom is 0.269 e. The normalized spacial score (nSPS) is 10.8. The number of hydrogen-bond acceptors (Lipinski definition) is 7. The molecule has 0 unspecified atom stereocenters. The average Bonchev–Trinajstić information content (AvgIpc) is 3.19. The third-order valence-electron chi connectivity index (χ3n) is 4.41. The minimum atomic E-state index is -0.299. The molecule has 9 heteroatoms. The van der Waals surface area contributed by atoms with Crippen molar-refractivity contribution >= 4 is 22.6 Å². The van der Waals surface area contributed by atoms with Crippen molar-refractivity contribution < 1.29 is 9.59 Å². The van der Waals surface area contributed by atoms with Crippen LogP contribution in [0.3, 0.4) is 0 Å². The van der Waals surface area contributed by atoms with Crippen LogP contribution in [0.5, 0.6) is 0 Å². The van der Waals surface area contributed by atoms with E-state index in [1.807, 2.05) is 18.3 Å². The van der Waals surface area contributed by atoms with E-state index in [0.717, 1.165) is 22.2 Å². The number of ketones is 1. The highest BCUT2D eigenvalue weighted by Gasteiger charge is 2.12. The Bertz CT molecular complexity index is 1220. The van der Waals surface area contributed by atoms with Crippen LogP contribution in [-0.4, -0.2) is 48.7 Å². The van der Waals surface area contributed by atoms with Gasteiger partial charge in [0.2, 0.25) is 0 Å². The SMILES string of the molecule is CNC(=O)c1ccc(C(=O)Cc2cc3cc(-c4cn(C)nn4)cnc3cn2)cn1. The monoisotopic (exact) mass is 387 g/mol. The molecule has 0 aliphatic heterocycles. The molecular formula is C20H17N7O2. The summed E-state index contributed by atoms with van der Waals surface area (Å²) in [5, 5.41) is 11.4. The second kappa shape index (κ2) is 7.55. The first kappa shape index (κ1) is 18.4. The quantitative estimate of drug-likeness (QED) is 0.517. The fraction of sp³-hybridized carbons (Fsp3) is 0.150. The second-order valence-corrected chi connectivity index (χ2v) is 6.48. The molecule has 4 heterocycles. The third-order valence-corrected chi connectivity index (χ3v) is 4.41. The summed E-state index contributed by atoms with van der Waals surface area (Å²) in [6.45, 7) is 0. The molecule has 29 heavy (non-hydrogen) atoms. The van der Waals surface area contributed by atoms with Gasteiger partial charge in [-0.15, -0.1) is 5.10 Å². The maximum absolute atomic E-state index is 12.6. The fourth-order valence-electron chi connectivity index (χ4n) is 2.88. The molecular weight excluding hydrogens is 370 g/mol. The number of carbonyl (C=O) groups excluding carboxylic acids is 2. The van der Waals surface area contributed by atoms with E-state index in [1.165, 1.54) is 19.3 Å². The zero-order chi connectivity index (χ0) is 20.4. The minimum Gasteiger partial charge on any atom is -0.354 e. The van der Waals surface area contributed by atoms with Crippen LogP contribution in [-0.2, 0) is 13.5 Å². The van der Waals surface area contributed by atoms with Crippen molar-refractivity contribution in [3.05, 3.63) is 66.0 Å². The highest BCUT2D eigenvalue weighted by molar-refractivity contribution is 5.98. The van der Waals surface area contributed by atoms with Crippen LogP contribution in [0, 0.1) is 0 Å². The molecule has 0 saturated heterocycles. The van der Waals surface area contributed by atoms with Gasteiger partial charge in [-0.1, -0.05) is 5.21 Å². The first-order chi connectivity index (χ1) is 14.0. The molecule has 4 aromatic heterocycles. The number of nitrogens with one attached hydrogen (secondary N) is 1. The van der Waals surface area contributed by atoms with Gasteiger partial charge in [0, 0.05) is 48.7 Å². The molecule has 4 rings (SSSR count). The van der Waals surface area contributed by atoms with Crippen molar-refractivity contribution in [2.24, 2.45) is 7.05 Å². The average molecular weight is 387 g/mol. The van der Waals surface area contributed by atoms with E-state index in [4.69, 9.17) is 0 Å². The summed E-state index contributed by atoms with van der Waals surface area (Å²) in [7, 11) is 3.33. The van der Waals surface area contributed by atoms with E-state index in [1.54, 1.807) is 30.2 Å². The largest absolute Gasteiger partial charge is 0.354 e. The number of rotatable bonds is 5. The van der Waals surface area contributed by atoms with Crippen LogP contribution in [0.15, 0.2) is 49.1 Å². The first-order valence-corrected chi connectivity index (χ1v) is 8.86. The van der Waals surface area contributed by atoms with Gasteiger partial charge in [0.05, 0.1) is 24.3 Å². The van der Waals surface area contributed by atoms with Crippen molar-refractivity contribution in [1.82, 2.24) is 35.3 Å². The number of nitrogens with zero attached hydrogens (tertiary/aromatic N) is 6. The summed E-state index contributed by atoms with van der Waals surface area (Å²) < 4.78 is 1.62. The number of fused-ring (bicyclic) bond motifs is 1. The summed E-state index contributed by atoms with van der Waals surface area (Å²) in [4.78, 5) is 36.9. The van der Waals surface area contributed by atoms with Gasteiger partial charge in [-0.2, -0.15) is 0 Å². The summed E-state index contributed by atoms with van der Waals surface area (Å²) in [6, 6.07) is 6.90. The smallest absolute Gasteiger partial charge is 0.269 e. The number of aryl methyl sites for hydroxylation is 1. The molecule has 0 bridgehead atoms. The molecule has 0 aliphatic rings. The fourth-order valence-corrected chi connectivity index (χ4v) is 2.88. The van der Waals surface area contributed by atoms with Gasteiger partial charge in [0.15, 0.2) is 5.78 Å². The molecule has 0 aromatic carbocycles. The molecule has 0 saturated carbocycles. The number of pyridine rings is 3. The summed E-state index contributed by atoms with van der Waals surface area (Å²) in [5.41, 5.74) is 3.59. The Labute approximate surface area is 165 Å². The second-order valence-electron chi connectivity index (χ2n) is 6.48. The van der Waals surface area contributed by atoms with Crippen LogP contribution in [0.2, 0.25) is 0 Å². The predicted molar refractivity (Wildman–Crippen MR) is 105 cm³/mol. The predicted octanol–water partition coefficient (Wildman–Crippen LogP) is 1.61. The highest BCUT2D eigenvalue weighted by Crippen LogP contribution is 2.21. The number of hydrogen-bond donors (Lipinski definition) is 1. The van der Waals surface area contributed by atoms with E-state index in [9.17, 15) is 9.59 Å². The van der Waals surface area contributed by atoms with Crippen LogP contribution < -0.4 is 5.32 Å². The zero-order valence-electron chi connectivity index (χ0n) is 15.8. The van der Waals surface area contributed by atoms with Crippen LogP contribution in [0.1, 0.15) is 26.5 Å². The zero-order valence-corrected chi connectivity index (χ0v) is 15.8. The first-order valence-electron chi connectivity index (χ1n) is 8.86. The van der Waals surface area contributed by atoms with Gasteiger partial charge in [-0.25, -0.2) is 0 Å². The van der Waals surface area contributed by atoms with Gasteiger partial charge < -0.3 is 5.32 Å². The molecule has 4 aromatic rings. The van der Waals surface area contributed by atoms with E-state index >= 15 is 0 Å². The van der Waals surface area contributed by atoms with Gasteiger partial charge in [0.1, 0.15) is 11.4 Å². The summed E-state index contributed by atoms with van der Waals surface area (Å²) in [5.74, 6) is -0.433. The molecule has 0 fully saturated rings. The van der Waals surface area contributed by atoms with E-state index in [0.29, 0.717) is 11.3 Å². The third kappa shape index (κ3) is 3.84. The molecule has 0 atom stereocenters. The number of Topliss-reactive ketones (excluding diaryl/α,β-unsaturated/α-hetero) is 1. The molecule has 1 N–H and O–H groups in total. The standard InChI is InChI=1S/C20H17N7O2/c1-21-20(29)16-4-3-12(8-23-16)19(28)7-15-6-13-5-14(9-24-17(13)10-22-15)18-11-27(2)26-25-18/h3-6,8-11H,7H2,1-2H3,(H,21,29). The lowest BCUT2D eigenvalue weighted by atomic mass is 10.1. The van der Waals surface area contributed by atoms with Crippen molar-refractivity contribution in [1.29, 1.82) is 0 Å². The van der Waals surface area contributed by atoms with Crippen molar-refractivity contribution in [2.45, 2.75) is 6.42 Å². The summed E-state index contributed by atoms with van der Waals surface area (Å²) >= 11 is 0. The molecule has 1 amide bonds. The Morgan fingerprint density at radius 3 is 2.62 bits per heavy atom. The molecule has 0 aliphatic carbocycles. The van der Waals surface area contributed by atoms with Gasteiger partial charge in [-0.05, 0) is 24.3 Å². The Morgan fingerprint density at radius 2 is 1.93 bits per heavy atom. The number of amides is 1. The van der Waals surface area contributed by atoms with Crippen molar-refractivity contribution in [2.75, 3.05) is 7.05 Å². The van der Waals surface area contributed by atoms with Crippen LogP contribution in [0.25, 0.3) is 22.2 Å². The Hall–Kier alpha value is -4.01. The van der Waals surface area contributed by atoms with Gasteiger partial charge >= 0.3 is 0 Å². The Morgan fingerprint density at radius 1 is 1.07 bits per heavy atom. The molecule has 144 valence electrons. The van der Waals surface area contributed by atoms with Gasteiger partial charge in [0.25, 0.3) is 5.91 Å². The number of aromatic nitrogens is 6. The Balaban J connectivity index is 1.57. The topological polar surface area (TPSA) is 116 Å². The minimum absolute atomic E-state index is 0.117. The van der Waals surface area contributed by atoms with Crippen LogP contribution in [0.4, 0.5) is 0 Å². The number of carbonyl (C=O) groups is 2. The van der Waals surface area contributed by atoms with Crippen molar-refractivity contribution in [3.8, 4) is 11.3 Å². The highest BCUT2D eigenvalue weighted by atomic mass is 16.1.